The zero-order chi connectivity index (χ0) is 7.44. The molecule has 0 radical (unpaired) electrons. The Bertz CT molecular complexity index is 149. The molecule has 0 rings (SSSR count). The van der Waals surface area contributed by atoms with E-state index < -0.39 is 0 Å². The number of hydrogen-bond acceptors (Lipinski definition) is 2. The van der Waals surface area contributed by atoms with E-state index in [1.165, 1.54) is 0 Å². The summed E-state index contributed by atoms with van der Waals surface area (Å²) in [7, 11) is 1.75. The van der Waals surface area contributed by atoms with Gasteiger partial charge in [0.05, 0.1) is 0 Å². The van der Waals surface area contributed by atoms with Crippen molar-refractivity contribution in [2.75, 3.05) is 7.05 Å². The summed E-state index contributed by atoms with van der Waals surface area (Å²) in [6, 6.07) is 0. The van der Waals surface area contributed by atoms with E-state index in [2.05, 4.69) is 5.32 Å². The molecule has 0 aromatic heterocycles. The zero-order valence-electron chi connectivity index (χ0n) is 5.99. The number of carbonyl (C=O) groups is 1. The zero-order valence-corrected chi connectivity index (χ0v) is 5.99. The molecule has 3 nitrogen and oxygen atoms in total. The number of amides is 1. The van der Waals surface area contributed by atoms with Gasteiger partial charge in [0, 0.05) is 18.3 Å². The molecule has 1 amide bonds. The van der Waals surface area contributed by atoms with Crippen LogP contribution in [0.4, 0.5) is 0 Å². The molecule has 0 heterocycles. The van der Waals surface area contributed by atoms with Gasteiger partial charge in [0.1, 0.15) is 0 Å². The first-order valence-electron chi connectivity index (χ1n) is 2.74. The van der Waals surface area contributed by atoms with Crippen LogP contribution in [0.25, 0.3) is 0 Å². The van der Waals surface area contributed by atoms with Crippen molar-refractivity contribution in [3.63, 3.8) is 0 Å². The minimum absolute atomic E-state index is 0.373. The lowest BCUT2D eigenvalue weighted by Crippen LogP contribution is -2.17. The largest absolute Gasteiger partial charge is 0.391 e. The van der Waals surface area contributed by atoms with E-state index in [0.717, 1.165) is 5.70 Å². The third-order valence-corrected chi connectivity index (χ3v) is 1.31. The van der Waals surface area contributed by atoms with Crippen molar-refractivity contribution in [1.29, 1.82) is 0 Å². The second-order valence-electron chi connectivity index (χ2n) is 1.86. The summed E-state index contributed by atoms with van der Waals surface area (Å²) in [5.41, 5.74) is 6.38. The molecule has 3 heteroatoms. The Balaban J connectivity index is 4.28. The van der Waals surface area contributed by atoms with Gasteiger partial charge in [0.2, 0.25) is 5.91 Å². The number of hydrogen-bond donors (Lipinski definition) is 2. The van der Waals surface area contributed by atoms with Crippen LogP contribution in [0.2, 0.25) is 0 Å². The first-order chi connectivity index (χ1) is 4.09. The minimum Gasteiger partial charge on any atom is -0.391 e. The fraction of sp³-hybridized carbons (Fsp3) is 0.500. The summed E-state index contributed by atoms with van der Waals surface area (Å²) in [5.74, 6) is -0.373. The molecule has 0 bridgehead atoms. The molecule has 52 valence electrons. The molecule has 0 aliphatic rings. The molecule has 0 aromatic carbocycles. The van der Waals surface area contributed by atoms with E-state index in [4.69, 9.17) is 5.73 Å². The van der Waals surface area contributed by atoms with E-state index in [-0.39, 0.29) is 5.91 Å². The Labute approximate surface area is 54.9 Å². The van der Waals surface area contributed by atoms with Crippen molar-refractivity contribution < 1.29 is 4.79 Å². The Morgan fingerprint density at radius 1 is 1.44 bits per heavy atom. The number of carbonyl (C=O) groups excluding carboxylic acids is 1. The molecule has 0 saturated heterocycles. The number of rotatable bonds is 2. The lowest BCUT2D eigenvalue weighted by Gasteiger charge is -2.01. The summed E-state index contributed by atoms with van der Waals surface area (Å²) >= 11 is 0. The first kappa shape index (κ1) is 8.01. The normalized spacial score (nSPS) is 12.3. The predicted octanol–water partition coefficient (Wildman–Crippen LogP) is -0.0150. The standard InChI is InChI=1S/C6H12N2O/c1-4(6(7)9)5(2)8-3/h8H,1-3H3,(H2,7,9)/b5-4-. The van der Waals surface area contributed by atoms with Crippen LogP contribution in [0.1, 0.15) is 13.8 Å². The Morgan fingerprint density at radius 2 is 1.89 bits per heavy atom. The number of nitrogens with two attached hydrogens (primary N) is 1. The summed E-state index contributed by atoms with van der Waals surface area (Å²) in [5, 5.41) is 2.82. The van der Waals surface area contributed by atoms with Crippen LogP contribution >= 0.6 is 0 Å². The van der Waals surface area contributed by atoms with Gasteiger partial charge in [-0.25, -0.2) is 0 Å². The van der Waals surface area contributed by atoms with E-state index >= 15 is 0 Å². The third kappa shape index (κ3) is 2.17. The lowest BCUT2D eigenvalue weighted by atomic mass is 10.2. The van der Waals surface area contributed by atoms with Gasteiger partial charge in [-0.1, -0.05) is 0 Å². The number of allylic oxidation sites excluding steroid dienone is 1. The second kappa shape index (κ2) is 3.12. The Morgan fingerprint density at radius 3 is 2.00 bits per heavy atom. The van der Waals surface area contributed by atoms with E-state index in [1.54, 1.807) is 20.9 Å². The van der Waals surface area contributed by atoms with Crippen molar-refractivity contribution in [3.05, 3.63) is 11.3 Å². The van der Waals surface area contributed by atoms with Gasteiger partial charge in [-0.2, -0.15) is 0 Å². The molecular weight excluding hydrogens is 116 g/mol. The van der Waals surface area contributed by atoms with Crippen LogP contribution in [-0.4, -0.2) is 13.0 Å². The van der Waals surface area contributed by atoms with Crippen LogP contribution < -0.4 is 11.1 Å². The van der Waals surface area contributed by atoms with Gasteiger partial charge in [-0.15, -0.1) is 0 Å². The van der Waals surface area contributed by atoms with Gasteiger partial charge in [0.15, 0.2) is 0 Å². The predicted molar refractivity (Wildman–Crippen MR) is 36.6 cm³/mol. The topological polar surface area (TPSA) is 55.1 Å². The van der Waals surface area contributed by atoms with E-state index in [9.17, 15) is 4.79 Å². The molecule has 0 atom stereocenters. The molecule has 0 aromatic rings. The minimum atomic E-state index is -0.373. The third-order valence-electron chi connectivity index (χ3n) is 1.31. The van der Waals surface area contributed by atoms with Crippen molar-refractivity contribution in [2.24, 2.45) is 5.73 Å². The molecule has 0 saturated carbocycles. The van der Waals surface area contributed by atoms with Crippen LogP contribution in [0.5, 0.6) is 0 Å². The van der Waals surface area contributed by atoms with Gasteiger partial charge >= 0.3 is 0 Å². The summed E-state index contributed by atoms with van der Waals surface area (Å²) in [6.45, 7) is 3.49. The fourth-order valence-corrected chi connectivity index (χ4v) is 0.372. The molecular formula is C6H12N2O. The second-order valence-corrected chi connectivity index (χ2v) is 1.86. The highest BCUT2D eigenvalue weighted by atomic mass is 16.1. The highest BCUT2D eigenvalue weighted by Crippen LogP contribution is 1.95. The summed E-state index contributed by atoms with van der Waals surface area (Å²) in [6.07, 6.45) is 0. The fourth-order valence-electron chi connectivity index (χ4n) is 0.372. The quantitative estimate of drug-likeness (QED) is 0.514. The Kier molecular flexibility index (Phi) is 2.78. The van der Waals surface area contributed by atoms with Gasteiger partial charge in [0.25, 0.3) is 0 Å². The van der Waals surface area contributed by atoms with Crippen molar-refractivity contribution in [3.8, 4) is 0 Å². The smallest absolute Gasteiger partial charge is 0.246 e. The maximum Gasteiger partial charge on any atom is 0.246 e. The molecule has 0 unspecified atom stereocenters. The molecule has 9 heavy (non-hydrogen) atoms. The van der Waals surface area contributed by atoms with Crippen molar-refractivity contribution >= 4 is 5.91 Å². The van der Waals surface area contributed by atoms with E-state index in [1.807, 2.05) is 0 Å². The summed E-state index contributed by atoms with van der Waals surface area (Å²) < 4.78 is 0. The van der Waals surface area contributed by atoms with Crippen LogP contribution in [0.15, 0.2) is 11.3 Å². The Hall–Kier alpha value is -0.990. The monoisotopic (exact) mass is 128 g/mol. The lowest BCUT2D eigenvalue weighted by molar-refractivity contribution is -0.114. The molecule has 3 N–H and O–H groups in total. The first-order valence-corrected chi connectivity index (χ1v) is 2.74. The number of nitrogens with one attached hydrogen (secondary N) is 1. The molecule has 0 fully saturated rings. The molecule has 0 aliphatic carbocycles. The van der Waals surface area contributed by atoms with Gasteiger partial charge in [-0.3, -0.25) is 4.79 Å². The van der Waals surface area contributed by atoms with Crippen LogP contribution in [0, 0.1) is 0 Å². The maximum atomic E-state index is 10.4. The van der Waals surface area contributed by atoms with Gasteiger partial charge in [-0.05, 0) is 13.8 Å². The van der Waals surface area contributed by atoms with Gasteiger partial charge < -0.3 is 11.1 Å². The summed E-state index contributed by atoms with van der Waals surface area (Å²) in [4.78, 5) is 10.4. The molecule has 0 spiro atoms. The SMILES string of the molecule is CN/C(C)=C(/C)C(N)=O. The van der Waals surface area contributed by atoms with Crippen LogP contribution in [-0.2, 0) is 4.79 Å². The van der Waals surface area contributed by atoms with Crippen molar-refractivity contribution in [1.82, 2.24) is 5.32 Å². The maximum absolute atomic E-state index is 10.4. The van der Waals surface area contributed by atoms with Crippen LogP contribution in [0.3, 0.4) is 0 Å². The average Bonchev–Trinajstić information content (AvgIpc) is 1.84. The van der Waals surface area contributed by atoms with Crippen molar-refractivity contribution in [2.45, 2.75) is 13.8 Å². The average molecular weight is 128 g/mol. The highest BCUT2D eigenvalue weighted by Gasteiger charge is 1.99. The van der Waals surface area contributed by atoms with E-state index in [0.29, 0.717) is 5.57 Å². The molecule has 0 aliphatic heterocycles. The number of primary amides is 1. The highest BCUT2D eigenvalue weighted by molar-refractivity contribution is 5.91.